The summed E-state index contributed by atoms with van der Waals surface area (Å²) >= 11 is 0. The lowest BCUT2D eigenvalue weighted by Crippen LogP contribution is -2.35. The Morgan fingerprint density at radius 2 is 1.86 bits per heavy atom. The molecule has 1 aromatic carbocycles. The summed E-state index contributed by atoms with van der Waals surface area (Å²) < 4.78 is 6.28. The molecular formula is C21H31N5O2. The normalized spacial score (nSPS) is 19.9. The summed E-state index contributed by atoms with van der Waals surface area (Å²) in [7, 11) is 0. The Labute approximate surface area is 166 Å². The zero-order valence-corrected chi connectivity index (χ0v) is 16.8. The van der Waals surface area contributed by atoms with Crippen molar-refractivity contribution in [2.24, 2.45) is 0 Å². The largest absolute Gasteiger partial charge is 0.507 e. The zero-order valence-electron chi connectivity index (χ0n) is 16.8. The lowest BCUT2D eigenvalue weighted by Gasteiger charge is -2.26. The van der Waals surface area contributed by atoms with Gasteiger partial charge in [-0.25, -0.2) is 0 Å². The highest BCUT2D eigenvalue weighted by molar-refractivity contribution is 5.74. The van der Waals surface area contributed by atoms with E-state index in [1.54, 1.807) is 12.1 Å². The fourth-order valence-electron chi connectivity index (χ4n) is 3.73. The number of para-hydroxylation sites is 1. The van der Waals surface area contributed by atoms with Crippen molar-refractivity contribution in [2.75, 3.05) is 36.8 Å². The van der Waals surface area contributed by atoms with Gasteiger partial charge in [-0.3, -0.25) is 0 Å². The number of ether oxygens (including phenoxy) is 1. The lowest BCUT2D eigenvalue weighted by atomic mass is 10.1. The van der Waals surface area contributed by atoms with Crippen LogP contribution in [0.3, 0.4) is 0 Å². The van der Waals surface area contributed by atoms with Gasteiger partial charge in [-0.1, -0.05) is 26.0 Å². The molecule has 4 N–H and O–H groups in total. The van der Waals surface area contributed by atoms with Crippen molar-refractivity contribution in [1.82, 2.24) is 15.5 Å². The van der Waals surface area contributed by atoms with Crippen LogP contribution in [0.5, 0.6) is 5.75 Å². The lowest BCUT2D eigenvalue weighted by molar-refractivity contribution is -0.0153. The van der Waals surface area contributed by atoms with Crippen molar-refractivity contribution < 1.29 is 9.84 Å². The summed E-state index contributed by atoms with van der Waals surface area (Å²) in [5, 5.41) is 21.7. The Hall–Kier alpha value is -2.38. The molecule has 1 aromatic heterocycles. The van der Waals surface area contributed by atoms with E-state index in [0.29, 0.717) is 23.2 Å². The van der Waals surface area contributed by atoms with Gasteiger partial charge < -0.3 is 25.8 Å². The molecule has 2 saturated heterocycles. The molecule has 0 radical (unpaired) electrons. The summed E-state index contributed by atoms with van der Waals surface area (Å²) in [5.74, 6) is 0.595. The predicted octanol–water partition coefficient (Wildman–Crippen LogP) is 2.80. The van der Waals surface area contributed by atoms with E-state index in [9.17, 15) is 5.11 Å². The van der Waals surface area contributed by atoms with Crippen molar-refractivity contribution in [3.05, 3.63) is 30.3 Å². The summed E-state index contributed by atoms with van der Waals surface area (Å²) in [6, 6.07) is 9.03. The predicted molar refractivity (Wildman–Crippen MR) is 112 cm³/mol. The van der Waals surface area contributed by atoms with E-state index in [2.05, 4.69) is 20.4 Å². The van der Waals surface area contributed by atoms with Crippen molar-refractivity contribution in [3.8, 4) is 17.0 Å². The van der Waals surface area contributed by atoms with Crippen molar-refractivity contribution in [1.29, 1.82) is 0 Å². The molecule has 28 heavy (non-hydrogen) atoms. The van der Waals surface area contributed by atoms with Gasteiger partial charge in [0.1, 0.15) is 5.75 Å². The summed E-state index contributed by atoms with van der Waals surface area (Å²) in [6.45, 7) is 7.75. The van der Waals surface area contributed by atoms with Gasteiger partial charge in [-0.15, -0.1) is 10.2 Å². The highest BCUT2D eigenvalue weighted by Crippen LogP contribution is 2.33. The maximum Gasteiger partial charge on any atom is 0.169 e. The number of aromatic hydroxyl groups is 1. The van der Waals surface area contributed by atoms with Gasteiger partial charge in [-0.2, -0.15) is 0 Å². The third-order valence-corrected chi connectivity index (χ3v) is 5.14. The molecule has 0 spiro atoms. The van der Waals surface area contributed by atoms with E-state index in [0.717, 1.165) is 51.1 Å². The molecule has 3 heterocycles. The number of nitrogen functional groups attached to an aromatic ring is 1. The topological polar surface area (TPSA) is 96.5 Å². The first-order valence-corrected chi connectivity index (χ1v) is 10.2. The number of hydrogen-bond acceptors (Lipinski definition) is 7. The zero-order chi connectivity index (χ0) is 19.9. The van der Waals surface area contributed by atoms with Gasteiger partial charge in [0.05, 0.1) is 23.6 Å². The molecule has 1 atom stereocenters. The van der Waals surface area contributed by atoms with Gasteiger partial charge in [0.2, 0.25) is 0 Å². The average molecular weight is 386 g/mol. The standard InChI is InChI=1S/C19H25N5O2.C2H6/c20-19-17(11-16(22-23-19)15-3-1-2-4-18(15)25)24-10-7-14(12-24)26-13-5-8-21-9-6-13;1-2/h1-4,11,13-14,21,25H,5-10,12H2,(H2,20,23);1-2H3/t14-;/m0./s1. The molecule has 0 aliphatic carbocycles. The second-order valence-electron chi connectivity index (χ2n) is 6.96. The molecule has 0 bridgehead atoms. The second kappa shape index (κ2) is 9.71. The van der Waals surface area contributed by atoms with Gasteiger partial charge in [-0.05, 0) is 50.6 Å². The molecule has 2 fully saturated rings. The molecule has 2 aromatic rings. The SMILES string of the molecule is CC.Nc1nnc(-c2ccccc2O)cc1N1CC[C@H](OC2CCNCC2)C1. The Morgan fingerprint density at radius 3 is 2.61 bits per heavy atom. The number of nitrogens with two attached hydrogens (primary N) is 1. The molecule has 0 saturated carbocycles. The summed E-state index contributed by atoms with van der Waals surface area (Å²) in [6.07, 6.45) is 3.71. The maximum atomic E-state index is 10.1. The smallest absolute Gasteiger partial charge is 0.169 e. The Bertz CT molecular complexity index is 764. The molecular weight excluding hydrogens is 354 g/mol. The fourth-order valence-corrected chi connectivity index (χ4v) is 3.73. The minimum Gasteiger partial charge on any atom is -0.507 e. The van der Waals surface area contributed by atoms with Crippen LogP contribution >= 0.6 is 0 Å². The van der Waals surface area contributed by atoms with Crippen LogP contribution in [0, 0.1) is 0 Å². The Balaban J connectivity index is 0.00000109. The van der Waals surface area contributed by atoms with Crippen molar-refractivity contribution >= 4 is 11.5 Å². The molecule has 2 aliphatic rings. The first-order chi connectivity index (χ1) is 13.7. The molecule has 7 heteroatoms. The number of hydrogen-bond donors (Lipinski definition) is 3. The Kier molecular flexibility index (Phi) is 7.06. The molecule has 7 nitrogen and oxygen atoms in total. The molecule has 152 valence electrons. The number of phenols is 1. The van der Waals surface area contributed by atoms with Gasteiger partial charge >= 0.3 is 0 Å². The quantitative estimate of drug-likeness (QED) is 0.745. The van der Waals surface area contributed by atoms with E-state index in [4.69, 9.17) is 10.5 Å². The summed E-state index contributed by atoms with van der Waals surface area (Å²) in [4.78, 5) is 2.21. The van der Waals surface area contributed by atoms with Gasteiger partial charge in [0.15, 0.2) is 5.82 Å². The second-order valence-corrected chi connectivity index (χ2v) is 6.96. The number of benzene rings is 1. The minimum atomic E-state index is 0.186. The maximum absolute atomic E-state index is 10.1. The average Bonchev–Trinajstić information content (AvgIpc) is 3.19. The van der Waals surface area contributed by atoms with Crippen LogP contribution in [-0.4, -0.2) is 53.7 Å². The molecule has 0 unspecified atom stereocenters. The van der Waals surface area contributed by atoms with E-state index in [1.807, 2.05) is 32.0 Å². The van der Waals surface area contributed by atoms with E-state index >= 15 is 0 Å². The number of aromatic nitrogens is 2. The molecule has 4 rings (SSSR count). The number of anilines is 2. The van der Waals surface area contributed by atoms with Crippen molar-refractivity contribution in [2.45, 2.75) is 45.3 Å². The highest BCUT2D eigenvalue weighted by atomic mass is 16.5. The van der Waals surface area contributed by atoms with Crippen LogP contribution in [0.1, 0.15) is 33.1 Å². The minimum absolute atomic E-state index is 0.186. The first-order valence-electron chi connectivity index (χ1n) is 10.2. The van der Waals surface area contributed by atoms with Crippen LogP contribution in [0.25, 0.3) is 11.3 Å². The third kappa shape index (κ3) is 4.72. The number of nitrogens with zero attached hydrogens (tertiary/aromatic N) is 3. The van der Waals surface area contributed by atoms with Crippen LogP contribution in [0.4, 0.5) is 11.5 Å². The Morgan fingerprint density at radius 1 is 1.11 bits per heavy atom. The monoisotopic (exact) mass is 385 g/mol. The number of piperidine rings is 1. The summed E-state index contributed by atoms with van der Waals surface area (Å²) in [5.41, 5.74) is 8.22. The van der Waals surface area contributed by atoms with Crippen LogP contribution in [-0.2, 0) is 4.74 Å². The van der Waals surface area contributed by atoms with Crippen LogP contribution < -0.4 is 16.0 Å². The number of phenolic OH excluding ortho intramolecular Hbond substituents is 1. The van der Waals surface area contributed by atoms with Gasteiger partial charge in [0.25, 0.3) is 0 Å². The third-order valence-electron chi connectivity index (χ3n) is 5.14. The van der Waals surface area contributed by atoms with Crippen molar-refractivity contribution in [3.63, 3.8) is 0 Å². The fraction of sp³-hybridized carbons (Fsp3) is 0.524. The van der Waals surface area contributed by atoms with E-state index in [1.165, 1.54) is 0 Å². The van der Waals surface area contributed by atoms with Crippen LogP contribution in [0.15, 0.2) is 30.3 Å². The molecule has 0 amide bonds. The number of nitrogens with one attached hydrogen (secondary N) is 1. The van der Waals surface area contributed by atoms with Crippen LogP contribution in [0.2, 0.25) is 0 Å². The first kappa shape index (κ1) is 20.4. The molecule has 2 aliphatic heterocycles. The van der Waals surface area contributed by atoms with E-state index < -0.39 is 0 Å². The van der Waals surface area contributed by atoms with Gasteiger partial charge in [0, 0.05) is 18.7 Å². The van der Waals surface area contributed by atoms with E-state index in [-0.39, 0.29) is 11.9 Å². The highest BCUT2D eigenvalue weighted by Gasteiger charge is 2.28. The number of rotatable bonds is 4.